The zero-order valence-corrected chi connectivity index (χ0v) is 13.7. The van der Waals surface area contributed by atoms with Gasteiger partial charge in [-0.25, -0.2) is 4.79 Å². The molecule has 0 unspecified atom stereocenters. The Morgan fingerprint density at radius 2 is 1.57 bits per heavy atom. The fraction of sp³-hybridized carbons (Fsp3) is 0. The molecule has 4 heteroatoms. The number of rotatable bonds is 4. The number of hydrogen-bond acceptors (Lipinski definition) is 2. The Kier molecular flexibility index (Phi) is 4.44. The predicted molar refractivity (Wildman–Crippen MR) is 96.3 cm³/mol. The van der Waals surface area contributed by atoms with E-state index in [0.717, 1.165) is 16.8 Å². The lowest BCUT2D eigenvalue weighted by molar-refractivity contribution is 0.0698. The molecule has 0 saturated carbocycles. The first-order valence-corrected chi connectivity index (χ1v) is 7.89. The molecule has 0 aliphatic rings. The molecule has 0 bridgehead atoms. The third kappa shape index (κ3) is 3.27. The van der Waals surface area contributed by atoms with E-state index in [1.807, 2.05) is 60.7 Å². The van der Waals surface area contributed by atoms with Crippen LogP contribution in [0.1, 0.15) is 10.4 Å². The highest BCUT2D eigenvalue weighted by Gasteiger charge is 2.14. The van der Waals surface area contributed by atoms with E-state index in [9.17, 15) is 9.90 Å². The molecule has 0 spiro atoms. The Bertz CT molecular complexity index is 847. The van der Waals surface area contributed by atoms with Gasteiger partial charge in [-0.1, -0.05) is 54.6 Å². The largest absolute Gasteiger partial charge is 0.478 e. The summed E-state index contributed by atoms with van der Waals surface area (Å²) in [6.45, 7) is 0. The fourth-order valence-electron chi connectivity index (χ4n) is 2.43. The average Bonchev–Trinajstić information content (AvgIpc) is 2.58. The van der Waals surface area contributed by atoms with Crippen LogP contribution in [0.15, 0.2) is 77.3 Å². The van der Waals surface area contributed by atoms with Crippen molar-refractivity contribution in [2.45, 2.75) is 0 Å². The SMILES string of the molecule is O=C(O)c1cccc(Br)c1Nc1ccccc1-c1ccccc1. The molecule has 0 heterocycles. The summed E-state index contributed by atoms with van der Waals surface area (Å²) in [4.78, 5) is 11.5. The molecule has 23 heavy (non-hydrogen) atoms. The van der Waals surface area contributed by atoms with Crippen LogP contribution in [0.2, 0.25) is 0 Å². The van der Waals surface area contributed by atoms with E-state index in [2.05, 4.69) is 21.2 Å². The smallest absolute Gasteiger partial charge is 0.337 e. The van der Waals surface area contributed by atoms with Gasteiger partial charge in [-0.15, -0.1) is 0 Å². The van der Waals surface area contributed by atoms with E-state index in [1.54, 1.807) is 12.1 Å². The second-order valence-corrected chi connectivity index (χ2v) is 5.86. The minimum Gasteiger partial charge on any atom is -0.478 e. The van der Waals surface area contributed by atoms with Crippen LogP contribution < -0.4 is 5.32 Å². The first kappa shape index (κ1) is 15.3. The molecule has 3 aromatic rings. The summed E-state index contributed by atoms with van der Waals surface area (Å²) < 4.78 is 0.709. The van der Waals surface area contributed by atoms with Crippen LogP contribution in [0.25, 0.3) is 11.1 Å². The molecule has 0 aliphatic carbocycles. The molecule has 3 aromatic carbocycles. The molecule has 0 aliphatic heterocycles. The van der Waals surface area contributed by atoms with Gasteiger partial charge in [0.05, 0.1) is 11.3 Å². The van der Waals surface area contributed by atoms with Crippen LogP contribution >= 0.6 is 15.9 Å². The van der Waals surface area contributed by atoms with E-state index >= 15 is 0 Å². The van der Waals surface area contributed by atoms with Crippen molar-refractivity contribution in [2.75, 3.05) is 5.32 Å². The molecule has 3 nitrogen and oxygen atoms in total. The van der Waals surface area contributed by atoms with Crippen molar-refractivity contribution in [1.82, 2.24) is 0 Å². The lowest BCUT2D eigenvalue weighted by atomic mass is 10.0. The molecule has 2 N–H and O–H groups in total. The maximum atomic E-state index is 11.5. The number of nitrogens with one attached hydrogen (secondary N) is 1. The number of hydrogen-bond donors (Lipinski definition) is 2. The van der Waals surface area contributed by atoms with Gasteiger partial charge in [0.2, 0.25) is 0 Å². The van der Waals surface area contributed by atoms with Gasteiger partial charge >= 0.3 is 5.97 Å². The highest BCUT2D eigenvalue weighted by molar-refractivity contribution is 9.10. The average molecular weight is 368 g/mol. The molecule has 0 amide bonds. The zero-order chi connectivity index (χ0) is 16.2. The van der Waals surface area contributed by atoms with Crippen LogP contribution in [-0.4, -0.2) is 11.1 Å². The van der Waals surface area contributed by atoms with Gasteiger partial charge in [-0.2, -0.15) is 0 Å². The third-order valence-corrected chi connectivity index (χ3v) is 4.18. The summed E-state index contributed by atoms with van der Waals surface area (Å²) in [5, 5.41) is 12.7. The highest BCUT2D eigenvalue weighted by Crippen LogP contribution is 2.34. The van der Waals surface area contributed by atoms with Gasteiger partial charge in [-0.05, 0) is 39.7 Å². The maximum Gasteiger partial charge on any atom is 0.337 e. The normalized spacial score (nSPS) is 10.3. The lowest BCUT2D eigenvalue weighted by Crippen LogP contribution is -2.04. The molecule has 0 radical (unpaired) electrons. The molecule has 0 atom stereocenters. The van der Waals surface area contributed by atoms with Crippen molar-refractivity contribution in [3.05, 3.63) is 82.8 Å². The molecule has 0 saturated heterocycles. The Labute approximate surface area is 142 Å². The van der Waals surface area contributed by atoms with Gasteiger partial charge in [-0.3, -0.25) is 0 Å². The molecular weight excluding hydrogens is 354 g/mol. The van der Waals surface area contributed by atoms with Crippen molar-refractivity contribution in [2.24, 2.45) is 0 Å². The van der Waals surface area contributed by atoms with Crippen LogP contribution in [0.4, 0.5) is 11.4 Å². The first-order chi connectivity index (χ1) is 11.2. The maximum absolute atomic E-state index is 11.5. The summed E-state index contributed by atoms with van der Waals surface area (Å²) in [6, 6.07) is 22.9. The van der Waals surface area contributed by atoms with Gasteiger partial charge in [0, 0.05) is 15.7 Å². The number of para-hydroxylation sites is 2. The van der Waals surface area contributed by atoms with Gasteiger partial charge < -0.3 is 10.4 Å². The minimum atomic E-state index is -0.967. The monoisotopic (exact) mass is 367 g/mol. The number of anilines is 2. The van der Waals surface area contributed by atoms with Crippen molar-refractivity contribution < 1.29 is 9.90 Å². The van der Waals surface area contributed by atoms with E-state index in [0.29, 0.717) is 10.2 Å². The van der Waals surface area contributed by atoms with E-state index in [1.165, 1.54) is 0 Å². The fourth-order valence-corrected chi connectivity index (χ4v) is 2.89. The molecule has 3 rings (SSSR count). The van der Waals surface area contributed by atoms with Gasteiger partial charge in [0.1, 0.15) is 0 Å². The van der Waals surface area contributed by atoms with Crippen molar-refractivity contribution in [3.63, 3.8) is 0 Å². The minimum absolute atomic E-state index is 0.224. The van der Waals surface area contributed by atoms with E-state index < -0.39 is 5.97 Å². The molecule has 0 fully saturated rings. The van der Waals surface area contributed by atoms with E-state index in [-0.39, 0.29) is 5.56 Å². The number of carboxylic acids is 1. The van der Waals surface area contributed by atoms with Crippen molar-refractivity contribution in [3.8, 4) is 11.1 Å². The number of halogens is 1. The van der Waals surface area contributed by atoms with E-state index in [4.69, 9.17) is 0 Å². The topological polar surface area (TPSA) is 49.3 Å². The standard InChI is InChI=1S/C19H14BrNO2/c20-16-11-6-10-15(19(22)23)18(16)21-17-12-5-4-9-14(17)13-7-2-1-3-8-13/h1-12,21H,(H,22,23). The van der Waals surface area contributed by atoms with Crippen molar-refractivity contribution in [1.29, 1.82) is 0 Å². The van der Waals surface area contributed by atoms with Gasteiger partial charge in [0.25, 0.3) is 0 Å². The van der Waals surface area contributed by atoms with Gasteiger partial charge in [0.15, 0.2) is 0 Å². The Morgan fingerprint density at radius 3 is 2.30 bits per heavy atom. The summed E-state index contributed by atoms with van der Waals surface area (Å²) in [6.07, 6.45) is 0. The molecular formula is C19H14BrNO2. The second kappa shape index (κ2) is 6.67. The molecule has 114 valence electrons. The van der Waals surface area contributed by atoms with Crippen LogP contribution in [0.3, 0.4) is 0 Å². The number of benzene rings is 3. The second-order valence-electron chi connectivity index (χ2n) is 5.00. The number of aromatic carboxylic acids is 1. The highest BCUT2D eigenvalue weighted by atomic mass is 79.9. The Morgan fingerprint density at radius 1 is 0.870 bits per heavy atom. The number of carbonyl (C=O) groups is 1. The van der Waals surface area contributed by atoms with Crippen LogP contribution in [-0.2, 0) is 0 Å². The van der Waals surface area contributed by atoms with Crippen molar-refractivity contribution >= 4 is 33.3 Å². The number of carboxylic acid groups (broad SMARTS) is 1. The van der Waals surface area contributed by atoms with Crippen LogP contribution in [0.5, 0.6) is 0 Å². The third-order valence-electron chi connectivity index (χ3n) is 3.52. The van der Waals surface area contributed by atoms with Crippen LogP contribution in [0, 0.1) is 0 Å². The Hall–Kier alpha value is -2.59. The summed E-state index contributed by atoms with van der Waals surface area (Å²) >= 11 is 3.43. The summed E-state index contributed by atoms with van der Waals surface area (Å²) in [5.74, 6) is -0.967. The molecule has 0 aromatic heterocycles. The Balaban J connectivity index is 2.08. The zero-order valence-electron chi connectivity index (χ0n) is 12.2. The quantitative estimate of drug-likeness (QED) is 0.634. The lowest BCUT2D eigenvalue weighted by Gasteiger charge is -2.15. The predicted octanol–water partition coefficient (Wildman–Crippen LogP) is 5.56. The summed E-state index contributed by atoms with van der Waals surface area (Å²) in [5.41, 5.74) is 3.71. The first-order valence-electron chi connectivity index (χ1n) is 7.10. The summed E-state index contributed by atoms with van der Waals surface area (Å²) in [7, 11) is 0.